The van der Waals surface area contributed by atoms with Crippen LogP contribution in [0.25, 0.3) is 0 Å². The lowest BCUT2D eigenvalue weighted by Crippen LogP contribution is -2.24. The van der Waals surface area contributed by atoms with Crippen LogP contribution in [-0.4, -0.2) is 35.4 Å². The number of hydrogen-bond donors (Lipinski definition) is 1. The van der Waals surface area contributed by atoms with Crippen molar-refractivity contribution in [3.8, 4) is 0 Å². The van der Waals surface area contributed by atoms with Gasteiger partial charge in [-0.3, -0.25) is 4.68 Å². The summed E-state index contributed by atoms with van der Waals surface area (Å²) in [5.74, 6) is 0. The highest BCUT2D eigenvalue weighted by Gasteiger charge is 2.22. The van der Waals surface area contributed by atoms with Crippen LogP contribution in [0.5, 0.6) is 0 Å². The summed E-state index contributed by atoms with van der Waals surface area (Å²) in [6, 6.07) is 1.72. The quantitative estimate of drug-likeness (QED) is 0.676. The first-order valence-corrected chi connectivity index (χ1v) is 3.92. The number of hydrogen-bond acceptors (Lipinski definition) is 4. The lowest BCUT2D eigenvalue weighted by Gasteiger charge is -2.19. The van der Waals surface area contributed by atoms with Crippen molar-refractivity contribution in [3.05, 3.63) is 18.0 Å². The fourth-order valence-electron chi connectivity index (χ4n) is 1.17. The van der Waals surface area contributed by atoms with Gasteiger partial charge in [-0.15, -0.1) is 0 Å². The zero-order valence-electron chi connectivity index (χ0n) is 7.97. The largest absolute Gasteiger partial charge is 0.381 e. The summed E-state index contributed by atoms with van der Waals surface area (Å²) in [4.78, 5) is 0. The predicted molar refractivity (Wildman–Crippen MR) is 46.0 cm³/mol. The van der Waals surface area contributed by atoms with Crippen molar-refractivity contribution in [3.63, 3.8) is 0 Å². The predicted octanol–water partition coefficient (Wildman–Crippen LogP) is 0.0724. The monoisotopic (exact) mass is 186 g/mol. The molecule has 1 heterocycles. The Kier molecular flexibility index (Phi) is 3.41. The fourth-order valence-corrected chi connectivity index (χ4v) is 1.17. The Morgan fingerprint density at radius 3 is 2.46 bits per heavy atom. The van der Waals surface area contributed by atoms with Crippen LogP contribution in [0.4, 0.5) is 0 Å². The van der Waals surface area contributed by atoms with Crippen LogP contribution < -0.4 is 0 Å². The molecule has 1 aromatic rings. The van der Waals surface area contributed by atoms with Gasteiger partial charge in [-0.1, -0.05) is 0 Å². The lowest BCUT2D eigenvalue weighted by atomic mass is 10.2. The number of aliphatic hydroxyl groups excluding tert-OH is 1. The van der Waals surface area contributed by atoms with E-state index in [-0.39, 0.29) is 0 Å². The molecule has 0 aliphatic rings. The average Bonchev–Trinajstić information content (AvgIpc) is 2.53. The van der Waals surface area contributed by atoms with Crippen molar-refractivity contribution >= 4 is 0 Å². The molecule has 0 bridgehead atoms. The van der Waals surface area contributed by atoms with Crippen molar-refractivity contribution in [1.82, 2.24) is 9.78 Å². The number of rotatable bonds is 4. The molecule has 1 rings (SSSR count). The van der Waals surface area contributed by atoms with E-state index in [4.69, 9.17) is 9.47 Å². The molecular weight excluding hydrogens is 172 g/mol. The summed E-state index contributed by atoms with van der Waals surface area (Å²) >= 11 is 0. The third kappa shape index (κ3) is 2.06. The number of aryl methyl sites for hydroxylation is 1. The molecule has 0 saturated carbocycles. The molecule has 1 atom stereocenters. The maximum absolute atomic E-state index is 9.74. The van der Waals surface area contributed by atoms with E-state index in [1.54, 1.807) is 24.0 Å². The molecule has 1 unspecified atom stereocenters. The second-order valence-corrected chi connectivity index (χ2v) is 2.66. The Morgan fingerprint density at radius 2 is 2.08 bits per heavy atom. The third-order valence-corrected chi connectivity index (χ3v) is 1.88. The van der Waals surface area contributed by atoms with Gasteiger partial charge < -0.3 is 14.6 Å². The molecular formula is C8H14N2O3. The topological polar surface area (TPSA) is 56.5 Å². The molecule has 0 radical (unpaired) electrons. The number of aliphatic hydroxyl groups is 1. The zero-order valence-corrected chi connectivity index (χ0v) is 7.97. The smallest absolute Gasteiger partial charge is 0.188 e. The van der Waals surface area contributed by atoms with Crippen LogP contribution in [-0.2, 0) is 16.5 Å². The Bertz CT molecular complexity index is 258. The first kappa shape index (κ1) is 10.2. The number of methoxy groups -OCH3 is 2. The molecule has 5 nitrogen and oxygen atoms in total. The van der Waals surface area contributed by atoms with E-state index in [1.807, 2.05) is 0 Å². The third-order valence-electron chi connectivity index (χ3n) is 1.88. The molecule has 0 fully saturated rings. The molecule has 0 aliphatic heterocycles. The number of aromatic nitrogens is 2. The number of ether oxygens (including phenoxy) is 2. The van der Waals surface area contributed by atoms with Crippen molar-refractivity contribution in [2.75, 3.05) is 14.2 Å². The average molecular weight is 186 g/mol. The lowest BCUT2D eigenvalue weighted by molar-refractivity contribution is -0.168. The Balaban J connectivity index is 2.77. The molecule has 1 N–H and O–H groups in total. The second kappa shape index (κ2) is 4.36. The van der Waals surface area contributed by atoms with Crippen LogP contribution in [0.2, 0.25) is 0 Å². The van der Waals surface area contributed by atoms with E-state index in [2.05, 4.69) is 5.10 Å². The second-order valence-electron chi connectivity index (χ2n) is 2.66. The summed E-state index contributed by atoms with van der Waals surface area (Å²) in [5.41, 5.74) is 0.661. The summed E-state index contributed by atoms with van der Waals surface area (Å²) in [5, 5.41) is 13.7. The van der Waals surface area contributed by atoms with Gasteiger partial charge in [0.2, 0.25) is 0 Å². The maximum Gasteiger partial charge on any atom is 0.188 e. The summed E-state index contributed by atoms with van der Waals surface area (Å²) in [6.07, 6.45) is 0.138. The zero-order chi connectivity index (χ0) is 9.84. The van der Waals surface area contributed by atoms with Crippen LogP contribution in [0.3, 0.4) is 0 Å². The van der Waals surface area contributed by atoms with Gasteiger partial charge in [0.25, 0.3) is 0 Å². The van der Waals surface area contributed by atoms with E-state index in [0.29, 0.717) is 5.69 Å². The first-order chi connectivity index (χ1) is 6.20. The summed E-state index contributed by atoms with van der Waals surface area (Å²) in [6.45, 7) is 0. The normalized spacial score (nSPS) is 13.6. The van der Waals surface area contributed by atoms with Crippen LogP contribution in [0.15, 0.2) is 12.3 Å². The molecule has 0 spiro atoms. The Morgan fingerprint density at radius 1 is 1.46 bits per heavy atom. The number of nitrogens with zero attached hydrogens (tertiary/aromatic N) is 2. The summed E-state index contributed by atoms with van der Waals surface area (Å²) in [7, 11) is 4.71. The standard InChI is InChI=1S/C8H14N2O3/c1-10-6(4-5-9-10)7(11)8(12-2)13-3/h4-5,7-8,11H,1-3H3. The highest BCUT2D eigenvalue weighted by atomic mass is 16.7. The van der Waals surface area contributed by atoms with E-state index in [9.17, 15) is 5.11 Å². The minimum Gasteiger partial charge on any atom is -0.381 e. The molecule has 1 aromatic heterocycles. The van der Waals surface area contributed by atoms with Crippen LogP contribution >= 0.6 is 0 Å². The Labute approximate surface area is 76.9 Å². The van der Waals surface area contributed by atoms with Gasteiger partial charge in [0.1, 0.15) is 6.10 Å². The van der Waals surface area contributed by atoms with Gasteiger partial charge in [0.05, 0.1) is 5.69 Å². The van der Waals surface area contributed by atoms with Gasteiger partial charge in [0, 0.05) is 27.5 Å². The fraction of sp³-hybridized carbons (Fsp3) is 0.625. The summed E-state index contributed by atoms with van der Waals surface area (Å²) < 4.78 is 11.4. The van der Waals surface area contributed by atoms with E-state index in [1.165, 1.54) is 14.2 Å². The maximum atomic E-state index is 9.74. The molecule has 0 saturated heterocycles. The van der Waals surface area contributed by atoms with Gasteiger partial charge in [0.15, 0.2) is 6.29 Å². The molecule has 13 heavy (non-hydrogen) atoms. The molecule has 0 aliphatic carbocycles. The molecule has 0 amide bonds. The minimum absolute atomic E-state index is 0.657. The minimum atomic E-state index is -0.817. The van der Waals surface area contributed by atoms with E-state index in [0.717, 1.165) is 0 Å². The van der Waals surface area contributed by atoms with E-state index >= 15 is 0 Å². The van der Waals surface area contributed by atoms with Crippen molar-refractivity contribution in [2.45, 2.75) is 12.4 Å². The van der Waals surface area contributed by atoms with Gasteiger partial charge in [-0.2, -0.15) is 5.10 Å². The molecule has 74 valence electrons. The van der Waals surface area contributed by atoms with Gasteiger partial charge in [-0.25, -0.2) is 0 Å². The van der Waals surface area contributed by atoms with Crippen LogP contribution in [0, 0.1) is 0 Å². The first-order valence-electron chi connectivity index (χ1n) is 3.92. The Hall–Kier alpha value is -0.910. The highest BCUT2D eigenvalue weighted by Crippen LogP contribution is 2.17. The van der Waals surface area contributed by atoms with Crippen molar-refractivity contribution < 1.29 is 14.6 Å². The van der Waals surface area contributed by atoms with Crippen molar-refractivity contribution in [2.24, 2.45) is 7.05 Å². The SMILES string of the molecule is COC(OC)C(O)c1ccnn1C. The molecule has 5 heteroatoms. The van der Waals surface area contributed by atoms with Gasteiger partial charge in [-0.05, 0) is 6.07 Å². The molecule has 0 aromatic carbocycles. The highest BCUT2D eigenvalue weighted by molar-refractivity contribution is 5.04. The van der Waals surface area contributed by atoms with Gasteiger partial charge >= 0.3 is 0 Å². The van der Waals surface area contributed by atoms with E-state index < -0.39 is 12.4 Å². The van der Waals surface area contributed by atoms with Crippen molar-refractivity contribution in [1.29, 1.82) is 0 Å². The van der Waals surface area contributed by atoms with Crippen LogP contribution in [0.1, 0.15) is 11.8 Å².